The fourth-order valence-electron chi connectivity index (χ4n) is 1.47. The zero-order valence-electron chi connectivity index (χ0n) is 9.96. The number of rotatable bonds is 5. The lowest BCUT2D eigenvalue weighted by Crippen LogP contribution is -2.12. The number of pyridine rings is 1. The molecule has 0 fully saturated rings. The van der Waals surface area contributed by atoms with Crippen LogP contribution in [0, 0.1) is 0 Å². The van der Waals surface area contributed by atoms with Crippen LogP contribution < -0.4 is 11.1 Å². The van der Waals surface area contributed by atoms with E-state index < -0.39 is 0 Å². The lowest BCUT2D eigenvalue weighted by Gasteiger charge is -2.10. The second-order valence-corrected chi connectivity index (χ2v) is 5.31. The molecule has 4 nitrogen and oxygen atoms in total. The zero-order chi connectivity index (χ0) is 13.0. The van der Waals surface area contributed by atoms with Gasteiger partial charge in [-0.2, -0.15) is 0 Å². The van der Waals surface area contributed by atoms with E-state index in [2.05, 4.69) is 22.2 Å². The number of anilines is 1. The molecular formula is C12H14N4S2. The first-order valence-corrected chi connectivity index (χ1v) is 6.84. The van der Waals surface area contributed by atoms with Gasteiger partial charge >= 0.3 is 0 Å². The van der Waals surface area contributed by atoms with E-state index >= 15 is 0 Å². The lowest BCUT2D eigenvalue weighted by molar-refractivity contribution is 0.792. The molecule has 1 unspecified atom stereocenters. The molecule has 6 heteroatoms. The molecule has 2 aromatic rings. The third-order valence-corrected chi connectivity index (χ3v) is 3.75. The largest absolute Gasteiger partial charge is 0.389 e. The Hall–Kier alpha value is -1.53. The van der Waals surface area contributed by atoms with Gasteiger partial charge in [-0.25, -0.2) is 9.97 Å². The van der Waals surface area contributed by atoms with Crippen molar-refractivity contribution in [3.8, 4) is 0 Å². The summed E-state index contributed by atoms with van der Waals surface area (Å²) >= 11 is 6.54. The molecule has 0 saturated heterocycles. The molecule has 0 aliphatic heterocycles. The molecule has 18 heavy (non-hydrogen) atoms. The van der Waals surface area contributed by atoms with Gasteiger partial charge in [-0.1, -0.05) is 19.1 Å². The molecule has 94 valence electrons. The Morgan fingerprint density at radius 1 is 1.50 bits per heavy atom. The Morgan fingerprint density at radius 3 is 2.89 bits per heavy atom. The van der Waals surface area contributed by atoms with Crippen LogP contribution in [0.1, 0.15) is 23.4 Å². The normalized spacial score (nSPS) is 12.1. The van der Waals surface area contributed by atoms with Crippen LogP contribution in [0.3, 0.4) is 0 Å². The van der Waals surface area contributed by atoms with Crippen LogP contribution in [0.15, 0.2) is 29.9 Å². The smallest absolute Gasteiger partial charge is 0.125 e. The summed E-state index contributed by atoms with van der Waals surface area (Å²) in [6, 6.07) is 3.74. The van der Waals surface area contributed by atoms with Crippen molar-refractivity contribution in [2.45, 2.75) is 12.8 Å². The monoisotopic (exact) mass is 278 g/mol. The summed E-state index contributed by atoms with van der Waals surface area (Å²) in [6.07, 6.45) is 3.50. The highest BCUT2D eigenvalue weighted by atomic mass is 32.1. The molecule has 0 saturated carbocycles. The van der Waals surface area contributed by atoms with Crippen molar-refractivity contribution >= 4 is 34.4 Å². The summed E-state index contributed by atoms with van der Waals surface area (Å²) in [6.45, 7) is 2.93. The fourth-order valence-corrected chi connectivity index (χ4v) is 2.29. The van der Waals surface area contributed by atoms with Crippen molar-refractivity contribution in [3.63, 3.8) is 0 Å². The zero-order valence-corrected chi connectivity index (χ0v) is 11.6. The summed E-state index contributed by atoms with van der Waals surface area (Å²) in [5, 5.41) is 6.38. The van der Waals surface area contributed by atoms with Gasteiger partial charge in [-0.15, -0.1) is 11.3 Å². The van der Waals surface area contributed by atoms with Crippen LogP contribution in [0.4, 0.5) is 5.82 Å². The average Bonchev–Trinajstić information content (AvgIpc) is 2.90. The number of nitrogens with two attached hydrogens (primary N) is 1. The van der Waals surface area contributed by atoms with Crippen LogP contribution in [-0.2, 0) is 0 Å². The standard InChI is InChI=1S/C12H14N4S2/c1-8(12-14-4-5-18-12)6-15-10-3-2-9(7-16-10)11(13)17/h2-5,7-8H,6H2,1H3,(H2,13,17)(H,15,16). The predicted octanol–water partition coefficient (Wildman–Crippen LogP) is 2.39. The number of thiocarbonyl (C=S) groups is 1. The molecule has 0 aliphatic rings. The molecule has 3 N–H and O–H groups in total. The number of thiazole rings is 1. The van der Waals surface area contributed by atoms with Gasteiger partial charge in [0.15, 0.2) is 0 Å². The number of aromatic nitrogens is 2. The number of hydrogen-bond acceptors (Lipinski definition) is 5. The Balaban J connectivity index is 1.92. The molecule has 0 aromatic carbocycles. The van der Waals surface area contributed by atoms with Gasteiger partial charge in [0, 0.05) is 35.8 Å². The summed E-state index contributed by atoms with van der Waals surface area (Å²) in [5.41, 5.74) is 6.30. The van der Waals surface area contributed by atoms with Crippen molar-refractivity contribution in [2.75, 3.05) is 11.9 Å². The first-order valence-electron chi connectivity index (χ1n) is 5.56. The average molecular weight is 278 g/mol. The van der Waals surface area contributed by atoms with Crippen LogP contribution >= 0.6 is 23.6 Å². The van der Waals surface area contributed by atoms with E-state index in [0.717, 1.165) is 22.9 Å². The minimum absolute atomic E-state index is 0.363. The van der Waals surface area contributed by atoms with Crippen LogP contribution in [-0.4, -0.2) is 21.5 Å². The van der Waals surface area contributed by atoms with Gasteiger partial charge in [0.2, 0.25) is 0 Å². The lowest BCUT2D eigenvalue weighted by atomic mass is 10.2. The second kappa shape index (κ2) is 5.88. The molecule has 2 aromatic heterocycles. The van der Waals surface area contributed by atoms with E-state index in [1.165, 1.54) is 0 Å². The van der Waals surface area contributed by atoms with Crippen molar-refractivity contribution in [1.29, 1.82) is 0 Å². The van der Waals surface area contributed by atoms with E-state index in [-0.39, 0.29) is 0 Å². The summed E-state index contributed by atoms with van der Waals surface area (Å²) in [7, 11) is 0. The van der Waals surface area contributed by atoms with Gasteiger partial charge in [0.25, 0.3) is 0 Å². The van der Waals surface area contributed by atoms with Crippen LogP contribution in [0.5, 0.6) is 0 Å². The Morgan fingerprint density at radius 2 is 2.33 bits per heavy atom. The predicted molar refractivity (Wildman–Crippen MR) is 79.1 cm³/mol. The van der Waals surface area contributed by atoms with Crippen molar-refractivity contribution in [1.82, 2.24) is 9.97 Å². The van der Waals surface area contributed by atoms with E-state index in [9.17, 15) is 0 Å². The van der Waals surface area contributed by atoms with E-state index in [1.54, 1.807) is 17.5 Å². The minimum atomic E-state index is 0.363. The highest BCUT2D eigenvalue weighted by Crippen LogP contribution is 2.18. The summed E-state index contributed by atoms with van der Waals surface area (Å²) in [5.74, 6) is 1.18. The Kier molecular flexibility index (Phi) is 4.22. The first kappa shape index (κ1) is 12.9. The van der Waals surface area contributed by atoms with Crippen LogP contribution in [0.2, 0.25) is 0 Å². The highest BCUT2D eigenvalue weighted by molar-refractivity contribution is 7.80. The molecule has 0 radical (unpaired) electrons. The molecule has 0 amide bonds. The molecule has 2 heterocycles. The maximum absolute atomic E-state index is 5.51. The maximum Gasteiger partial charge on any atom is 0.125 e. The van der Waals surface area contributed by atoms with E-state index in [0.29, 0.717) is 10.9 Å². The molecule has 1 atom stereocenters. The quantitative estimate of drug-likeness (QED) is 0.822. The van der Waals surface area contributed by atoms with Gasteiger partial charge in [0.05, 0.1) is 5.01 Å². The third-order valence-electron chi connectivity index (χ3n) is 2.51. The third kappa shape index (κ3) is 3.24. The minimum Gasteiger partial charge on any atom is -0.389 e. The van der Waals surface area contributed by atoms with E-state index in [1.807, 2.05) is 23.7 Å². The van der Waals surface area contributed by atoms with Gasteiger partial charge < -0.3 is 11.1 Å². The van der Waals surface area contributed by atoms with Crippen molar-refractivity contribution < 1.29 is 0 Å². The Labute approximate surface area is 115 Å². The summed E-state index contributed by atoms with van der Waals surface area (Å²) < 4.78 is 0. The SMILES string of the molecule is CC(CNc1ccc(C(N)=S)cn1)c1nccs1. The van der Waals surface area contributed by atoms with Gasteiger partial charge in [-0.3, -0.25) is 0 Å². The maximum atomic E-state index is 5.51. The fraction of sp³-hybridized carbons (Fsp3) is 0.250. The molecule has 0 spiro atoms. The van der Waals surface area contributed by atoms with Crippen LogP contribution in [0.25, 0.3) is 0 Å². The van der Waals surface area contributed by atoms with Crippen molar-refractivity contribution in [3.05, 3.63) is 40.5 Å². The number of nitrogens with one attached hydrogen (secondary N) is 1. The molecule has 2 rings (SSSR count). The molecule has 0 bridgehead atoms. The Bertz CT molecular complexity index is 507. The number of hydrogen-bond donors (Lipinski definition) is 2. The van der Waals surface area contributed by atoms with Crippen molar-refractivity contribution in [2.24, 2.45) is 5.73 Å². The van der Waals surface area contributed by atoms with Gasteiger partial charge in [0.1, 0.15) is 10.8 Å². The molecule has 0 aliphatic carbocycles. The first-order chi connectivity index (χ1) is 8.66. The van der Waals surface area contributed by atoms with Gasteiger partial charge in [-0.05, 0) is 12.1 Å². The van der Waals surface area contributed by atoms with E-state index in [4.69, 9.17) is 18.0 Å². The second-order valence-electron chi connectivity index (χ2n) is 3.95. The summed E-state index contributed by atoms with van der Waals surface area (Å²) in [4.78, 5) is 8.91. The molecular weight excluding hydrogens is 264 g/mol. The number of nitrogens with zero attached hydrogens (tertiary/aromatic N) is 2. The topological polar surface area (TPSA) is 63.8 Å². The highest BCUT2D eigenvalue weighted by Gasteiger charge is 2.08.